The molecule has 0 unspecified atom stereocenters. The predicted octanol–water partition coefficient (Wildman–Crippen LogP) is 3.24. The normalized spacial score (nSPS) is 29.5. The van der Waals surface area contributed by atoms with Crippen molar-refractivity contribution < 1.29 is 0 Å². The van der Waals surface area contributed by atoms with Crippen molar-refractivity contribution in [3.05, 3.63) is 53.9 Å². The first-order chi connectivity index (χ1) is 12.8. The smallest absolute Gasteiger partial charge is 0.0662 e. The Balaban J connectivity index is 1.30. The van der Waals surface area contributed by atoms with Crippen molar-refractivity contribution in [2.24, 2.45) is 11.8 Å². The number of hydrogen-bond donors (Lipinski definition) is 0. The number of likely N-dealkylation sites (tertiary alicyclic amines) is 1. The third-order valence-electron chi connectivity index (χ3n) is 6.75. The van der Waals surface area contributed by atoms with Crippen LogP contribution < -0.4 is 0 Å². The molecule has 4 heteroatoms. The Hall–Kier alpha value is -1.65. The zero-order valence-corrected chi connectivity index (χ0v) is 15.6. The van der Waals surface area contributed by atoms with Gasteiger partial charge in [0, 0.05) is 44.6 Å². The first-order valence-electron chi connectivity index (χ1n) is 10.4. The summed E-state index contributed by atoms with van der Waals surface area (Å²) < 4.78 is 2.03. The van der Waals surface area contributed by atoms with Crippen LogP contribution in [0.4, 0.5) is 0 Å². The van der Waals surface area contributed by atoms with Gasteiger partial charge in [-0.1, -0.05) is 30.7 Å². The topological polar surface area (TPSA) is 24.3 Å². The summed E-state index contributed by atoms with van der Waals surface area (Å²) in [4.78, 5) is 5.57. The van der Waals surface area contributed by atoms with Gasteiger partial charge in [-0.05, 0) is 54.8 Å². The van der Waals surface area contributed by atoms with Crippen LogP contribution in [-0.2, 0) is 13.1 Å². The van der Waals surface area contributed by atoms with E-state index in [1.165, 1.54) is 63.0 Å². The van der Waals surface area contributed by atoms with Gasteiger partial charge >= 0.3 is 0 Å². The van der Waals surface area contributed by atoms with Gasteiger partial charge in [0.15, 0.2) is 0 Å². The molecular weight excluding hydrogens is 320 g/mol. The Bertz CT molecular complexity index is 726. The molecule has 0 spiro atoms. The average Bonchev–Trinajstić information content (AvgIpc) is 3.16. The molecule has 3 saturated heterocycles. The molecule has 0 radical (unpaired) electrons. The Morgan fingerprint density at radius 2 is 1.85 bits per heavy atom. The van der Waals surface area contributed by atoms with Crippen LogP contribution in [-0.4, -0.2) is 51.8 Å². The molecule has 3 fully saturated rings. The first kappa shape index (κ1) is 16.5. The molecule has 4 nitrogen and oxygen atoms in total. The molecule has 5 rings (SSSR count). The molecule has 0 amide bonds. The molecule has 3 aliphatic rings. The van der Waals surface area contributed by atoms with Crippen LogP contribution in [0.2, 0.25) is 0 Å². The lowest BCUT2D eigenvalue weighted by molar-refractivity contribution is -0.0325. The van der Waals surface area contributed by atoms with Crippen LogP contribution in [0.25, 0.3) is 0 Å². The monoisotopic (exact) mass is 350 g/mol. The second-order valence-corrected chi connectivity index (χ2v) is 8.59. The van der Waals surface area contributed by atoms with Crippen LogP contribution >= 0.6 is 0 Å². The Labute approximate surface area is 156 Å². The highest BCUT2D eigenvalue weighted by atomic mass is 15.3. The number of benzene rings is 1. The van der Waals surface area contributed by atoms with Gasteiger partial charge in [0.1, 0.15) is 0 Å². The standard InChI is InChI=1S/C22H30N4/c1-2-7-20(17-26-11-5-9-23-26)19(6-1)15-24-13-18-12-21(16-24)22-8-3-4-10-25(22)14-18/h1-2,5-7,9,11,18,21-22H,3-4,8,10,12-17H2/t18-,21+,22-/m0/s1. The zero-order valence-electron chi connectivity index (χ0n) is 15.6. The highest BCUT2D eigenvalue weighted by Gasteiger charge is 2.41. The van der Waals surface area contributed by atoms with Crippen LogP contribution in [0.15, 0.2) is 42.7 Å². The number of nitrogens with zero attached hydrogens (tertiary/aromatic N) is 4. The minimum absolute atomic E-state index is 0.863. The van der Waals surface area contributed by atoms with Crippen LogP contribution in [0, 0.1) is 11.8 Å². The molecule has 3 atom stereocenters. The molecule has 26 heavy (non-hydrogen) atoms. The van der Waals surface area contributed by atoms with E-state index >= 15 is 0 Å². The minimum atomic E-state index is 0.863. The lowest BCUT2D eigenvalue weighted by Gasteiger charge is -2.52. The predicted molar refractivity (Wildman–Crippen MR) is 104 cm³/mol. The van der Waals surface area contributed by atoms with Crippen molar-refractivity contribution in [1.82, 2.24) is 19.6 Å². The molecule has 4 heterocycles. The van der Waals surface area contributed by atoms with Crippen LogP contribution in [0.1, 0.15) is 36.8 Å². The van der Waals surface area contributed by atoms with Gasteiger partial charge in [-0.2, -0.15) is 5.10 Å². The van der Waals surface area contributed by atoms with Crippen molar-refractivity contribution in [3.8, 4) is 0 Å². The van der Waals surface area contributed by atoms with E-state index < -0.39 is 0 Å². The fourth-order valence-electron chi connectivity index (χ4n) is 5.67. The Morgan fingerprint density at radius 1 is 0.962 bits per heavy atom. The molecule has 3 aliphatic heterocycles. The van der Waals surface area contributed by atoms with Gasteiger partial charge in [-0.3, -0.25) is 14.5 Å². The lowest BCUT2D eigenvalue weighted by atomic mass is 9.76. The number of hydrogen-bond acceptors (Lipinski definition) is 3. The Kier molecular flexibility index (Phi) is 4.55. The van der Waals surface area contributed by atoms with E-state index in [9.17, 15) is 0 Å². The number of aromatic nitrogens is 2. The maximum Gasteiger partial charge on any atom is 0.0662 e. The van der Waals surface area contributed by atoms with E-state index in [1.807, 2.05) is 16.9 Å². The summed E-state index contributed by atoms with van der Waals surface area (Å²) in [5.74, 6) is 1.77. The second-order valence-electron chi connectivity index (χ2n) is 8.59. The number of piperidine rings is 3. The molecule has 1 aromatic carbocycles. The van der Waals surface area contributed by atoms with E-state index in [1.54, 1.807) is 0 Å². The molecular formula is C22H30N4. The lowest BCUT2D eigenvalue weighted by Crippen LogP contribution is -2.58. The average molecular weight is 351 g/mol. The summed E-state index contributed by atoms with van der Waals surface area (Å²) in [7, 11) is 0. The van der Waals surface area contributed by atoms with Gasteiger partial charge in [0.05, 0.1) is 6.54 Å². The Morgan fingerprint density at radius 3 is 2.69 bits per heavy atom. The van der Waals surface area contributed by atoms with Crippen molar-refractivity contribution >= 4 is 0 Å². The molecule has 138 valence electrons. The highest BCUT2D eigenvalue weighted by molar-refractivity contribution is 5.27. The number of fused-ring (bicyclic) bond motifs is 4. The summed E-state index contributed by atoms with van der Waals surface area (Å²) in [6.45, 7) is 7.22. The summed E-state index contributed by atoms with van der Waals surface area (Å²) in [6, 6.07) is 11.8. The largest absolute Gasteiger partial charge is 0.300 e. The third-order valence-corrected chi connectivity index (χ3v) is 6.75. The molecule has 2 bridgehead atoms. The van der Waals surface area contributed by atoms with Crippen molar-refractivity contribution in [1.29, 1.82) is 0 Å². The van der Waals surface area contributed by atoms with E-state index in [0.29, 0.717) is 0 Å². The summed E-state index contributed by atoms with van der Waals surface area (Å²) in [5.41, 5.74) is 2.88. The summed E-state index contributed by atoms with van der Waals surface area (Å²) in [5, 5.41) is 4.39. The van der Waals surface area contributed by atoms with Gasteiger partial charge in [-0.25, -0.2) is 0 Å². The molecule has 0 N–H and O–H groups in total. The number of rotatable bonds is 4. The zero-order chi connectivity index (χ0) is 17.3. The van der Waals surface area contributed by atoms with Crippen LogP contribution in [0.3, 0.4) is 0 Å². The highest BCUT2D eigenvalue weighted by Crippen LogP contribution is 2.37. The van der Waals surface area contributed by atoms with Gasteiger partial charge in [0.2, 0.25) is 0 Å². The van der Waals surface area contributed by atoms with Crippen LogP contribution in [0.5, 0.6) is 0 Å². The van der Waals surface area contributed by atoms with Crippen molar-refractivity contribution in [3.63, 3.8) is 0 Å². The third kappa shape index (κ3) is 3.33. The minimum Gasteiger partial charge on any atom is -0.300 e. The molecule has 0 aliphatic carbocycles. The molecule has 1 aromatic heterocycles. The SMILES string of the molecule is c1ccc(Cn2cccn2)c(CN2C[C@@H]3C[C@H](C2)[C@@H]2CCCCN2C3)c1. The second kappa shape index (κ2) is 7.16. The quantitative estimate of drug-likeness (QED) is 0.846. The van der Waals surface area contributed by atoms with E-state index in [0.717, 1.165) is 31.0 Å². The first-order valence-corrected chi connectivity index (χ1v) is 10.4. The molecule has 2 aromatic rings. The fourth-order valence-corrected chi connectivity index (χ4v) is 5.67. The van der Waals surface area contributed by atoms with Gasteiger partial charge in [-0.15, -0.1) is 0 Å². The van der Waals surface area contributed by atoms with Gasteiger partial charge < -0.3 is 0 Å². The summed E-state index contributed by atoms with van der Waals surface area (Å²) in [6.07, 6.45) is 9.67. The fraction of sp³-hybridized carbons (Fsp3) is 0.591. The van der Waals surface area contributed by atoms with E-state index in [-0.39, 0.29) is 0 Å². The van der Waals surface area contributed by atoms with E-state index in [4.69, 9.17) is 0 Å². The van der Waals surface area contributed by atoms with E-state index in [2.05, 4.69) is 45.4 Å². The van der Waals surface area contributed by atoms with Gasteiger partial charge in [0.25, 0.3) is 0 Å². The summed E-state index contributed by atoms with van der Waals surface area (Å²) >= 11 is 0. The van der Waals surface area contributed by atoms with Crippen molar-refractivity contribution in [2.45, 2.75) is 44.8 Å². The van der Waals surface area contributed by atoms with Crippen molar-refractivity contribution in [2.75, 3.05) is 26.2 Å². The maximum absolute atomic E-state index is 4.39. The maximum atomic E-state index is 4.39. The molecule has 0 saturated carbocycles.